The van der Waals surface area contributed by atoms with Crippen LogP contribution in [0.3, 0.4) is 0 Å². The monoisotopic (exact) mass is 300 g/mol. The predicted octanol–water partition coefficient (Wildman–Crippen LogP) is 2.49. The van der Waals surface area contributed by atoms with E-state index in [9.17, 15) is 4.79 Å². The van der Waals surface area contributed by atoms with Gasteiger partial charge in [-0.2, -0.15) is 0 Å². The van der Waals surface area contributed by atoms with Crippen molar-refractivity contribution in [3.05, 3.63) is 42.0 Å². The van der Waals surface area contributed by atoms with E-state index in [2.05, 4.69) is 20.8 Å². The topological polar surface area (TPSA) is 76.1 Å². The molecule has 0 atom stereocenters. The lowest BCUT2D eigenvalue weighted by atomic mass is 10.1. The van der Waals surface area contributed by atoms with Gasteiger partial charge in [0, 0.05) is 6.04 Å². The molecule has 2 rings (SSSR count). The molecule has 0 aliphatic rings. The van der Waals surface area contributed by atoms with Gasteiger partial charge in [0.1, 0.15) is 11.6 Å². The Morgan fingerprint density at radius 2 is 1.73 bits per heavy atom. The number of methoxy groups -OCH3 is 1. The molecule has 2 aromatic rings. The summed E-state index contributed by atoms with van der Waals surface area (Å²) in [5, 5.41) is 13.9. The molecule has 22 heavy (non-hydrogen) atoms. The van der Waals surface area contributed by atoms with Crippen molar-refractivity contribution in [3.63, 3.8) is 0 Å². The molecule has 6 heteroatoms. The van der Waals surface area contributed by atoms with Crippen molar-refractivity contribution in [2.24, 2.45) is 0 Å². The summed E-state index contributed by atoms with van der Waals surface area (Å²) in [6.45, 7) is 4.04. The van der Waals surface area contributed by atoms with E-state index in [-0.39, 0.29) is 18.4 Å². The number of ether oxygens (including phenoxy) is 1. The van der Waals surface area contributed by atoms with Gasteiger partial charge in [0.15, 0.2) is 5.82 Å². The van der Waals surface area contributed by atoms with Gasteiger partial charge in [0.25, 0.3) is 0 Å². The Kier molecular flexibility index (Phi) is 5.30. The van der Waals surface area contributed by atoms with Gasteiger partial charge in [-0.15, -0.1) is 10.2 Å². The van der Waals surface area contributed by atoms with Crippen molar-refractivity contribution in [1.82, 2.24) is 10.2 Å². The summed E-state index contributed by atoms with van der Waals surface area (Å²) in [4.78, 5) is 12.0. The maximum atomic E-state index is 12.0. The standard InChI is InChI=1S/C16H20N4O2/c1-11(2)17-14-8-9-15(20-19-14)18-16(21)10-12-4-6-13(22-3)7-5-12/h4-9,11H,10H2,1-3H3,(H,17,19)(H,18,20,21). The summed E-state index contributed by atoms with van der Waals surface area (Å²) < 4.78 is 5.08. The van der Waals surface area contributed by atoms with Crippen molar-refractivity contribution >= 4 is 17.5 Å². The largest absolute Gasteiger partial charge is 0.497 e. The molecular weight excluding hydrogens is 280 g/mol. The van der Waals surface area contributed by atoms with Crippen LogP contribution in [0.25, 0.3) is 0 Å². The van der Waals surface area contributed by atoms with E-state index in [0.29, 0.717) is 11.6 Å². The first-order chi connectivity index (χ1) is 10.6. The molecule has 0 fully saturated rings. The maximum absolute atomic E-state index is 12.0. The number of carbonyl (C=O) groups excluding carboxylic acids is 1. The second-order valence-electron chi connectivity index (χ2n) is 5.18. The van der Waals surface area contributed by atoms with Crippen LogP contribution < -0.4 is 15.4 Å². The highest BCUT2D eigenvalue weighted by atomic mass is 16.5. The molecule has 2 N–H and O–H groups in total. The predicted molar refractivity (Wildman–Crippen MR) is 86.1 cm³/mol. The number of carbonyl (C=O) groups is 1. The molecule has 0 spiro atoms. The van der Waals surface area contributed by atoms with Gasteiger partial charge in [-0.05, 0) is 43.7 Å². The lowest BCUT2D eigenvalue weighted by Gasteiger charge is -2.09. The van der Waals surface area contributed by atoms with Gasteiger partial charge in [0.2, 0.25) is 5.91 Å². The van der Waals surface area contributed by atoms with Gasteiger partial charge in [0.05, 0.1) is 13.5 Å². The fourth-order valence-electron chi connectivity index (χ4n) is 1.89. The summed E-state index contributed by atoms with van der Waals surface area (Å²) in [6.07, 6.45) is 0.275. The van der Waals surface area contributed by atoms with Gasteiger partial charge in [-0.3, -0.25) is 4.79 Å². The van der Waals surface area contributed by atoms with E-state index in [0.717, 1.165) is 11.3 Å². The number of hydrogen-bond acceptors (Lipinski definition) is 5. The Bertz CT molecular complexity index is 609. The first-order valence-corrected chi connectivity index (χ1v) is 7.10. The van der Waals surface area contributed by atoms with Crippen molar-refractivity contribution in [3.8, 4) is 5.75 Å². The number of anilines is 2. The molecule has 1 aromatic heterocycles. The number of hydrogen-bond donors (Lipinski definition) is 2. The Morgan fingerprint density at radius 1 is 1.09 bits per heavy atom. The Labute approximate surface area is 129 Å². The van der Waals surface area contributed by atoms with E-state index in [1.165, 1.54) is 0 Å². The van der Waals surface area contributed by atoms with Crippen LogP contribution in [0, 0.1) is 0 Å². The molecule has 0 saturated heterocycles. The molecule has 0 aliphatic carbocycles. The molecule has 6 nitrogen and oxygen atoms in total. The number of benzene rings is 1. The Morgan fingerprint density at radius 3 is 2.27 bits per heavy atom. The molecule has 0 aliphatic heterocycles. The van der Waals surface area contributed by atoms with Crippen LogP contribution in [0.2, 0.25) is 0 Å². The van der Waals surface area contributed by atoms with Crippen LogP contribution in [0.5, 0.6) is 5.75 Å². The van der Waals surface area contributed by atoms with Crippen molar-refractivity contribution < 1.29 is 9.53 Å². The second-order valence-corrected chi connectivity index (χ2v) is 5.18. The minimum absolute atomic E-state index is 0.135. The third kappa shape index (κ3) is 4.73. The highest BCUT2D eigenvalue weighted by Gasteiger charge is 2.06. The molecule has 1 aromatic carbocycles. The number of aromatic nitrogens is 2. The summed E-state index contributed by atoms with van der Waals surface area (Å²) in [7, 11) is 1.61. The number of amides is 1. The SMILES string of the molecule is COc1ccc(CC(=O)Nc2ccc(NC(C)C)nn2)cc1. The summed E-state index contributed by atoms with van der Waals surface area (Å²) in [6, 6.07) is 11.2. The summed E-state index contributed by atoms with van der Waals surface area (Å²) in [5.74, 6) is 1.75. The van der Waals surface area contributed by atoms with Crippen LogP contribution in [0.1, 0.15) is 19.4 Å². The van der Waals surface area contributed by atoms with E-state index in [4.69, 9.17) is 4.74 Å². The molecule has 0 unspecified atom stereocenters. The third-order valence-corrected chi connectivity index (χ3v) is 2.89. The van der Waals surface area contributed by atoms with E-state index < -0.39 is 0 Å². The molecule has 0 radical (unpaired) electrons. The Hall–Kier alpha value is -2.63. The molecule has 0 saturated carbocycles. The average Bonchev–Trinajstić information content (AvgIpc) is 2.49. The quantitative estimate of drug-likeness (QED) is 0.857. The first kappa shape index (κ1) is 15.8. The Balaban J connectivity index is 1.90. The number of nitrogens with zero attached hydrogens (tertiary/aromatic N) is 2. The van der Waals surface area contributed by atoms with E-state index >= 15 is 0 Å². The highest BCUT2D eigenvalue weighted by Crippen LogP contribution is 2.12. The van der Waals surface area contributed by atoms with Crippen molar-refractivity contribution in [1.29, 1.82) is 0 Å². The van der Waals surface area contributed by atoms with Crippen LogP contribution in [-0.4, -0.2) is 29.3 Å². The zero-order chi connectivity index (χ0) is 15.9. The number of nitrogens with one attached hydrogen (secondary N) is 2. The molecule has 0 bridgehead atoms. The van der Waals surface area contributed by atoms with Crippen LogP contribution in [0.4, 0.5) is 11.6 Å². The minimum Gasteiger partial charge on any atom is -0.497 e. The maximum Gasteiger partial charge on any atom is 0.229 e. The zero-order valence-electron chi connectivity index (χ0n) is 13.0. The number of rotatable bonds is 6. The van der Waals surface area contributed by atoms with Crippen LogP contribution in [-0.2, 0) is 11.2 Å². The van der Waals surface area contributed by atoms with Gasteiger partial charge < -0.3 is 15.4 Å². The molecule has 1 amide bonds. The highest BCUT2D eigenvalue weighted by molar-refractivity contribution is 5.91. The zero-order valence-corrected chi connectivity index (χ0v) is 13.0. The van der Waals surface area contributed by atoms with Crippen LogP contribution >= 0.6 is 0 Å². The normalized spacial score (nSPS) is 10.4. The van der Waals surface area contributed by atoms with Gasteiger partial charge in [-0.1, -0.05) is 12.1 Å². The average molecular weight is 300 g/mol. The van der Waals surface area contributed by atoms with Gasteiger partial charge >= 0.3 is 0 Å². The van der Waals surface area contributed by atoms with Crippen molar-refractivity contribution in [2.45, 2.75) is 26.3 Å². The minimum atomic E-state index is -0.135. The molecular formula is C16H20N4O2. The lowest BCUT2D eigenvalue weighted by Crippen LogP contribution is -2.16. The fraction of sp³-hybridized carbons (Fsp3) is 0.312. The fourth-order valence-corrected chi connectivity index (χ4v) is 1.89. The summed E-state index contributed by atoms with van der Waals surface area (Å²) >= 11 is 0. The smallest absolute Gasteiger partial charge is 0.229 e. The van der Waals surface area contributed by atoms with E-state index in [1.54, 1.807) is 19.2 Å². The third-order valence-electron chi connectivity index (χ3n) is 2.89. The first-order valence-electron chi connectivity index (χ1n) is 7.10. The molecule has 1 heterocycles. The summed E-state index contributed by atoms with van der Waals surface area (Å²) in [5.41, 5.74) is 0.907. The van der Waals surface area contributed by atoms with E-state index in [1.807, 2.05) is 38.1 Å². The van der Waals surface area contributed by atoms with Gasteiger partial charge in [-0.25, -0.2) is 0 Å². The van der Waals surface area contributed by atoms with Crippen LogP contribution in [0.15, 0.2) is 36.4 Å². The lowest BCUT2D eigenvalue weighted by molar-refractivity contribution is -0.115. The molecule has 116 valence electrons. The van der Waals surface area contributed by atoms with Crippen molar-refractivity contribution in [2.75, 3.05) is 17.7 Å². The second kappa shape index (κ2) is 7.40.